The van der Waals surface area contributed by atoms with Crippen molar-refractivity contribution in [2.75, 3.05) is 60.0 Å². The number of rotatable bonds is 21. The van der Waals surface area contributed by atoms with E-state index in [9.17, 15) is 44.1 Å². The van der Waals surface area contributed by atoms with Gasteiger partial charge in [0, 0.05) is 139 Å². The van der Waals surface area contributed by atoms with Gasteiger partial charge in [-0.15, -0.1) is 0 Å². The molecule has 6 heterocycles. The second-order valence-corrected chi connectivity index (χ2v) is 22.2. The standard InChI is InChI=1S/C22H38N2O7.2C16H26N2O4.3W/c1-15(2)19-17(14-25)31-21(20(19)16(3)4)24-7-6-18(26)23(22(24)27)8-9-29-12-13-30-11-10-28-5;2*1-9(2)13-11(8-19)22-15(14(13)10(3)4)18-7-6-12(20)17(5)16(18)21;;;/h6-7,15-17,19-21,25H,8-14H2,1-5H3;2*6-7,9-11,13-15,19H,8H2,1-5H3;;;/t17-,19?,20?,21-;2*11-,13?,14?,15-;;;/m111.../s1. The van der Waals surface area contributed by atoms with Crippen LogP contribution >= 0.6 is 0 Å². The van der Waals surface area contributed by atoms with Crippen LogP contribution in [0.2, 0.25) is 0 Å². The number of aliphatic hydroxyl groups is 3. The molecule has 3 saturated heterocycles. The summed E-state index contributed by atoms with van der Waals surface area (Å²) in [4.78, 5) is 73.4. The first-order valence-corrected chi connectivity index (χ1v) is 26.7. The Kier molecular flexibility index (Phi) is 32.5. The molecular weight excluding hydrogens is 1520 g/mol. The summed E-state index contributed by atoms with van der Waals surface area (Å²) in [7, 11) is 4.53. The minimum absolute atomic E-state index is 0. The van der Waals surface area contributed by atoms with E-state index in [0.717, 1.165) is 9.13 Å². The van der Waals surface area contributed by atoms with E-state index in [0.29, 0.717) is 38.3 Å². The van der Waals surface area contributed by atoms with E-state index in [1.807, 2.05) is 0 Å². The van der Waals surface area contributed by atoms with E-state index in [-0.39, 0.29) is 202 Å². The average Bonchev–Trinajstić information content (AvgIpc) is 4.08. The van der Waals surface area contributed by atoms with Crippen LogP contribution in [0.25, 0.3) is 0 Å². The molecular formula is C54H90N6O15W3. The summed E-state index contributed by atoms with van der Waals surface area (Å²) in [6, 6.07) is 4.13. The summed E-state index contributed by atoms with van der Waals surface area (Å²) >= 11 is 0. The summed E-state index contributed by atoms with van der Waals surface area (Å²) in [6.07, 6.45) is 2.15. The quantitative estimate of drug-likeness (QED) is 0.130. The van der Waals surface area contributed by atoms with Crippen molar-refractivity contribution in [2.45, 2.75) is 127 Å². The summed E-state index contributed by atoms with van der Waals surface area (Å²) in [6.45, 7) is 27.2. The Bertz CT molecular complexity index is 2500. The van der Waals surface area contributed by atoms with E-state index >= 15 is 0 Å². The minimum Gasteiger partial charge on any atom is -0.394 e. The van der Waals surface area contributed by atoms with Crippen molar-refractivity contribution >= 4 is 0 Å². The number of ether oxygens (including phenoxy) is 6. The van der Waals surface area contributed by atoms with Gasteiger partial charge in [0.05, 0.1) is 77.7 Å². The van der Waals surface area contributed by atoms with E-state index in [4.69, 9.17) is 28.4 Å². The number of hydrogen-bond acceptors (Lipinski definition) is 15. The topological polar surface area (TPSA) is 248 Å². The van der Waals surface area contributed by atoms with Crippen LogP contribution in [-0.2, 0) is 112 Å². The molecule has 3 aromatic rings. The van der Waals surface area contributed by atoms with Crippen molar-refractivity contribution in [3.05, 3.63) is 99.3 Å². The molecule has 3 aliphatic heterocycles. The predicted octanol–water partition coefficient (Wildman–Crippen LogP) is 3.08. The maximum Gasteiger partial charge on any atom is 0.333 e. The molecule has 444 valence electrons. The molecule has 0 saturated carbocycles. The molecule has 3 fully saturated rings. The van der Waals surface area contributed by atoms with Crippen molar-refractivity contribution in [1.29, 1.82) is 0 Å². The predicted molar refractivity (Wildman–Crippen MR) is 283 cm³/mol. The zero-order valence-corrected chi connectivity index (χ0v) is 57.2. The molecule has 24 heteroatoms. The number of methoxy groups -OCH3 is 1. The third-order valence-electron chi connectivity index (χ3n) is 15.3. The van der Waals surface area contributed by atoms with E-state index in [1.54, 1.807) is 7.11 Å². The monoisotopic (exact) mass is 1610 g/mol. The van der Waals surface area contributed by atoms with E-state index in [1.165, 1.54) is 69.2 Å². The van der Waals surface area contributed by atoms with Crippen molar-refractivity contribution in [3.63, 3.8) is 0 Å². The summed E-state index contributed by atoms with van der Waals surface area (Å²) in [5, 5.41) is 29.2. The molecule has 78 heavy (non-hydrogen) atoms. The van der Waals surface area contributed by atoms with Crippen molar-refractivity contribution in [2.24, 2.45) is 85.1 Å². The van der Waals surface area contributed by atoms with Crippen molar-refractivity contribution < 1.29 is 107 Å². The molecule has 0 spiro atoms. The third kappa shape index (κ3) is 17.6. The fourth-order valence-electron chi connectivity index (χ4n) is 11.7. The largest absolute Gasteiger partial charge is 0.394 e. The van der Waals surface area contributed by atoms with Gasteiger partial charge in [-0.1, -0.05) is 83.1 Å². The van der Waals surface area contributed by atoms with Gasteiger partial charge < -0.3 is 43.7 Å². The molecule has 0 bridgehead atoms. The Morgan fingerprint density at radius 3 is 1.01 bits per heavy atom. The summed E-state index contributed by atoms with van der Waals surface area (Å²) in [5.41, 5.74) is -2.24. The number of nitrogens with zero attached hydrogens (tertiary/aromatic N) is 6. The first kappa shape index (κ1) is 73.8. The van der Waals surface area contributed by atoms with Gasteiger partial charge in [0.25, 0.3) is 16.7 Å². The van der Waals surface area contributed by atoms with Crippen molar-refractivity contribution in [3.8, 4) is 0 Å². The van der Waals surface area contributed by atoms with Gasteiger partial charge in [0.2, 0.25) is 0 Å². The van der Waals surface area contributed by atoms with Crippen LogP contribution in [0.3, 0.4) is 0 Å². The normalized spacial score (nSPS) is 25.7. The van der Waals surface area contributed by atoms with E-state index in [2.05, 4.69) is 83.1 Å². The number of aliphatic hydroxyl groups excluding tert-OH is 3. The molecule has 6 unspecified atom stereocenters. The van der Waals surface area contributed by atoms with Gasteiger partial charge >= 0.3 is 17.1 Å². The molecule has 21 nitrogen and oxygen atoms in total. The Morgan fingerprint density at radius 1 is 0.436 bits per heavy atom. The van der Waals surface area contributed by atoms with Gasteiger partial charge in [-0.2, -0.15) is 0 Å². The average molecular weight is 1610 g/mol. The zero-order chi connectivity index (χ0) is 56.2. The van der Waals surface area contributed by atoms with Crippen LogP contribution in [-0.4, -0.2) is 121 Å². The van der Waals surface area contributed by atoms with Crippen LogP contribution < -0.4 is 33.7 Å². The first-order chi connectivity index (χ1) is 35.4. The maximum atomic E-state index is 13.1. The number of aromatic nitrogens is 6. The van der Waals surface area contributed by atoms with Gasteiger partial charge in [-0.25, -0.2) is 14.4 Å². The van der Waals surface area contributed by atoms with Crippen molar-refractivity contribution in [1.82, 2.24) is 27.4 Å². The van der Waals surface area contributed by atoms with Crippen LogP contribution in [0.1, 0.15) is 102 Å². The summed E-state index contributed by atoms with van der Waals surface area (Å²) < 4.78 is 41.7. The van der Waals surface area contributed by atoms with Crippen LogP contribution in [0.4, 0.5) is 0 Å². The Labute approximate surface area is 502 Å². The maximum absolute atomic E-state index is 13.1. The second kappa shape index (κ2) is 34.4. The van der Waals surface area contributed by atoms with Gasteiger partial charge in [0.1, 0.15) is 18.7 Å². The second-order valence-electron chi connectivity index (χ2n) is 22.2. The molecule has 3 aromatic heterocycles. The SMILES string of the molecule is CC(C)C1C(C(C)C)[C@@H](CO)O[C@H]1n1ccc(=O)n(C)c1=O.CC(C)C1C(C(C)C)[C@@H](CO)O[C@H]1n1ccc(=O)n(C)c1=O.COCCOCCOCCn1c(=O)ccn([C@@H]2O[C@H](CO)C(C(C)C)C2C(C)C)c1=O.[W].[W].[W]. The Balaban J connectivity index is 0.000000586. The molecule has 12 atom stereocenters. The molecule has 0 radical (unpaired) electrons. The van der Waals surface area contributed by atoms with Gasteiger partial charge in [-0.05, 0) is 53.3 Å². The van der Waals surface area contributed by atoms with Gasteiger partial charge in [0.15, 0.2) is 0 Å². The first-order valence-electron chi connectivity index (χ1n) is 26.7. The molecule has 3 N–H and O–H groups in total. The third-order valence-corrected chi connectivity index (χ3v) is 15.3. The molecule has 6 rings (SSSR count). The Morgan fingerprint density at radius 2 is 0.718 bits per heavy atom. The molecule has 0 aromatic carbocycles. The molecule has 3 aliphatic rings. The van der Waals surface area contributed by atoms with E-state index < -0.39 is 24.4 Å². The Hall–Kier alpha value is -2.26. The van der Waals surface area contributed by atoms with Gasteiger partial charge in [-0.3, -0.25) is 41.8 Å². The fourth-order valence-corrected chi connectivity index (χ4v) is 11.7. The minimum atomic E-state index is -0.529. The van der Waals surface area contributed by atoms with Crippen LogP contribution in [0.5, 0.6) is 0 Å². The molecule has 0 aliphatic carbocycles. The number of hydrogen-bond donors (Lipinski definition) is 3. The molecule has 0 amide bonds. The van der Waals surface area contributed by atoms with Crippen LogP contribution in [0, 0.1) is 71.0 Å². The summed E-state index contributed by atoms with van der Waals surface area (Å²) in [5.74, 6) is 2.47. The zero-order valence-electron chi connectivity index (χ0n) is 48.4. The van der Waals surface area contributed by atoms with Crippen LogP contribution in [0.15, 0.2) is 65.6 Å². The fraction of sp³-hybridized carbons (Fsp3) is 0.778. The smallest absolute Gasteiger partial charge is 0.333 e.